The number of nitriles is 1. The van der Waals surface area contributed by atoms with Crippen LogP contribution in [0.4, 0.5) is 10.2 Å². The van der Waals surface area contributed by atoms with E-state index in [1.54, 1.807) is 36.4 Å². The molecule has 2 heterocycles. The molecule has 1 fully saturated rings. The third-order valence-electron chi connectivity index (χ3n) is 6.03. The van der Waals surface area contributed by atoms with Crippen molar-refractivity contribution in [3.63, 3.8) is 0 Å². The maximum atomic E-state index is 14.6. The second kappa shape index (κ2) is 9.95. The van der Waals surface area contributed by atoms with Crippen LogP contribution >= 0.6 is 0 Å². The molecule has 1 aromatic heterocycles. The molecule has 0 spiro atoms. The van der Waals surface area contributed by atoms with Crippen molar-refractivity contribution in [1.29, 1.82) is 5.26 Å². The van der Waals surface area contributed by atoms with Gasteiger partial charge < -0.3 is 21.1 Å². The molecule has 0 aliphatic carbocycles. The first kappa shape index (κ1) is 23.9. The van der Waals surface area contributed by atoms with Crippen LogP contribution in [0.1, 0.15) is 18.4 Å². The molecule has 1 aliphatic rings. The number of piperidine rings is 1. The van der Waals surface area contributed by atoms with Gasteiger partial charge in [-0.3, -0.25) is 14.2 Å². The summed E-state index contributed by atoms with van der Waals surface area (Å²) >= 11 is 0. The van der Waals surface area contributed by atoms with Crippen LogP contribution in [0.3, 0.4) is 0 Å². The molecule has 9 nitrogen and oxygen atoms in total. The van der Waals surface area contributed by atoms with Crippen LogP contribution in [-0.4, -0.2) is 41.7 Å². The number of rotatable bonds is 6. The van der Waals surface area contributed by atoms with E-state index in [2.05, 4.69) is 0 Å². The monoisotopic (exact) mass is 476 g/mol. The number of amides is 1. The number of carbonyl (C=O) groups excluding carboxylic acids is 1. The Balaban J connectivity index is 2.02. The molecule has 0 saturated carbocycles. The summed E-state index contributed by atoms with van der Waals surface area (Å²) in [5.41, 5.74) is 12.4. The molecule has 4 N–H and O–H groups in total. The molecule has 10 heteroatoms. The van der Waals surface area contributed by atoms with E-state index in [4.69, 9.17) is 26.5 Å². The lowest BCUT2D eigenvalue weighted by Gasteiger charge is -2.31. The summed E-state index contributed by atoms with van der Waals surface area (Å²) in [7, 11) is 1.53. The fourth-order valence-corrected chi connectivity index (χ4v) is 4.18. The number of primary amides is 1. The van der Waals surface area contributed by atoms with Gasteiger partial charge >= 0.3 is 0 Å². The molecular formula is C25H25FN6O3. The van der Waals surface area contributed by atoms with Crippen LogP contribution in [0.15, 0.2) is 47.3 Å². The molecule has 3 aromatic rings. The number of methoxy groups -OCH3 is 1. The quantitative estimate of drug-likeness (QED) is 0.554. The van der Waals surface area contributed by atoms with Crippen molar-refractivity contribution in [3.05, 3.63) is 64.2 Å². The van der Waals surface area contributed by atoms with E-state index < -0.39 is 23.8 Å². The van der Waals surface area contributed by atoms with E-state index in [1.807, 2.05) is 4.90 Å². The minimum Gasteiger partial charge on any atom is -0.497 e. The maximum Gasteiger partial charge on any atom is 0.294 e. The van der Waals surface area contributed by atoms with Gasteiger partial charge in [0, 0.05) is 30.3 Å². The zero-order chi connectivity index (χ0) is 25.1. The summed E-state index contributed by atoms with van der Waals surface area (Å²) in [5.74, 6) is -0.699. The van der Waals surface area contributed by atoms with E-state index in [-0.39, 0.29) is 23.1 Å². The first-order chi connectivity index (χ1) is 16.8. The highest BCUT2D eigenvalue weighted by Crippen LogP contribution is 2.33. The summed E-state index contributed by atoms with van der Waals surface area (Å²) in [5, 5.41) is 9.15. The SMILES string of the molecule is COc1ccc(-c2c(-c3ccc(C#N)c(F)c3)nc(N3CCC(N)CC3)c(=O)n2CC(N)=O)cc1. The van der Waals surface area contributed by atoms with Gasteiger partial charge in [0.1, 0.15) is 24.2 Å². The molecule has 2 aromatic carbocycles. The molecule has 180 valence electrons. The van der Waals surface area contributed by atoms with Gasteiger partial charge in [0.15, 0.2) is 5.82 Å². The molecule has 35 heavy (non-hydrogen) atoms. The predicted octanol–water partition coefficient (Wildman–Crippen LogP) is 2.01. The van der Waals surface area contributed by atoms with Crippen LogP contribution < -0.4 is 26.7 Å². The Bertz CT molecular complexity index is 1360. The van der Waals surface area contributed by atoms with Crippen molar-refractivity contribution in [3.8, 4) is 34.3 Å². The van der Waals surface area contributed by atoms with E-state index in [9.17, 15) is 14.0 Å². The van der Waals surface area contributed by atoms with Gasteiger partial charge in [-0.05, 0) is 49.2 Å². The highest BCUT2D eigenvalue weighted by molar-refractivity contribution is 5.82. The number of hydrogen-bond donors (Lipinski definition) is 2. The van der Waals surface area contributed by atoms with Gasteiger partial charge in [0.05, 0.1) is 24.1 Å². The molecule has 0 bridgehead atoms. The lowest BCUT2D eigenvalue weighted by atomic mass is 10.0. The number of ether oxygens (including phenoxy) is 1. The Morgan fingerprint density at radius 2 is 1.86 bits per heavy atom. The zero-order valence-electron chi connectivity index (χ0n) is 19.2. The van der Waals surface area contributed by atoms with Crippen LogP contribution in [0.25, 0.3) is 22.5 Å². The van der Waals surface area contributed by atoms with Crippen LogP contribution in [-0.2, 0) is 11.3 Å². The highest BCUT2D eigenvalue weighted by atomic mass is 19.1. The van der Waals surface area contributed by atoms with E-state index in [1.165, 1.54) is 23.8 Å². The average molecular weight is 477 g/mol. The van der Waals surface area contributed by atoms with Crippen molar-refractivity contribution in [1.82, 2.24) is 9.55 Å². The van der Waals surface area contributed by atoms with Gasteiger partial charge in [0.25, 0.3) is 5.56 Å². The van der Waals surface area contributed by atoms with Crippen molar-refractivity contribution in [2.75, 3.05) is 25.1 Å². The number of benzene rings is 2. The van der Waals surface area contributed by atoms with Gasteiger partial charge in [-0.15, -0.1) is 0 Å². The van der Waals surface area contributed by atoms with Crippen molar-refractivity contribution >= 4 is 11.7 Å². The van der Waals surface area contributed by atoms with E-state index in [0.717, 1.165) is 0 Å². The molecule has 1 saturated heterocycles. The topological polar surface area (TPSA) is 140 Å². The largest absolute Gasteiger partial charge is 0.497 e. The Labute approximate surface area is 201 Å². The van der Waals surface area contributed by atoms with Crippen LogP contribution in [0.2, 0.25) is 0 Å². The van der Waals surface area contributed by atoms with Gasteiger partial charge in [-0.2, -0.15) is 5.26 Å². The number of anilines is 1. The molecule has 1 aliphatic heterocycles. The molecule has 0 atom stereocenters. The predicted molar refractivity (Wildman–Crippen MR) is 129 cm³/mol. The Kier molecular flexibility index (Phi) is 6.80. The normalized spacial score (nSPS) is 13.9. The first-order valence-electron chi connectivity index (χ1n) is 11.1. The van der Waals surface area contributed by atoms with Crippen molar-refractivity contribution in [2.45, 2.75) is 25.4 Å². The lowest BCUT2D eigenvalue weighted by molar-refractivity contribution is -0.118. The number of nitrogens with zero attached hydrogens (tertiary/aromatic N) is 4. The molecule has 0 unspecified atom stereocenters. The van der Waals surface area contributed by atoms with E-state index in [0.29, 0.717) is 48.5 Å². The zero-order valence-corrected chi connectivity index (χ0v) is 19.2. The third kappa shape index (κ3) is 4.85. The van der Waals surface area contributed by atoms with Crippen molar-refractivity contribution in [2.24, 2.45) is 11.5 Å². The number of hydrogen-bond acceptors (Lipinski definition) is 7. The molecule has 4 rings (SSSR count). The maximum absolute atomic E-state index is 14.6. The molecular weight excluding hydrogens is 451 g/mol. The second-order valence-electron chi connectivity index (χ2n) is 8.35. The average Bonchev–Trinajstić information content (AvgIpc) is 2.85. The number of nitrogens with two attached hydrogens (primary N) is 2. The minimum atomic E-state index is -0.717. The number of carbonyl (C=O) groups is 1. The summed E-state index contributed by atoms with van der Waals surface area (Å²) < 4.78 is 21.1. The first-order valence-corrected chi connectivity index (χ1v) is 11.1. The summed E-state index contributed by atoms with van der Waals surface area (Å²) in [6.07, 6.45) is 1.36. The fraction of sp³-hybridized carbons (Fsp3) is 0.280. The smallest absolute Gasteiger partial charge is 0.294 e. The van der Waals surface area contributed by atoms with Crippen LogP contribution in [0.5, 0.6) is 5.75 Å². The molecule has 0 radical (unpaired) electrons. The summed E-state index contributed by atoms with van der Waals surface area (Å²) in [4.78, 5) is 32.2. The van der Waals surface area contributed by atoms with Crippen molar-refractivity contribution < 1.29 is 13.9 Å². The highest BCUT2D eigenvalue weighted by Gasteiger charge is 2.26. The van der Waals surface area contributed by atoms with E-state index >= 15 is 0 Å². The van der Waals surface area contributed by atoms with Gasteiger partial charge in [0.2, 0.25) is 5.91 Å². The van der Waals surface area contributed by atoms with Crippen LogP contribution in [0, 0.1) is 17.1 Å². The van der Waals surface area contributed by atoms with Gasteiger partial charge in [-0.25, -0.2) is 9.37 Å². The standard InChI is InChI=1S/C25H25FN6O3/c1-35-19-6-4-15(5-7-19)23-22(16-2-3-17(13-27)20(26)12-16)30-24(25(34)32(23)14-21(29)33)31-10-8-18(28)9-11-31/h2-7,12,18H,8-11,14,28H2,1H3,(H2,29,33). The Hall–Kier alpha value is -4.23. The van der Waals surface area contributed by atoms with Gasteiger partial charge in [-0.1, -0.05) is 6.07 Å². The fourth-order valence-electron chi connectivity index (χ4n) is 4.18. The molecule has 1 amide bonds. The lowest BCUT2D eigenvalue weighted by Crippen LogP contribution is -2.44. The Morgan fingerprint density at radius 3 is 2.43 bits per heavy atom. The second-order valence-corrected chi connectivity index (χ2v) is 8.35. The third-order valence-corrected chi connectivity index (χ3v) is 6.03. The Morgan fingerprint density at radius 1 is 1.20 bits per heavy atom. The number of aromatic nitrogens is 2. The number of halogens is 1. The summed E-state index contributed by atoms with van der Waals surface area (Å²) in [6, 6.07) is 12.8. The summed E-state index contributed by atoms with van der Waals surface area (Å²) in [6.45, 7) is 0.640. The minimum absolute atomic E-state index is 0.0322.